The lowest BCUT2D eigenvalue weighted by Crippen LogP contribution is -2.71. The Morgan fingerprint density at radius 3 is 2.94 bits per heavy atom. The molecular weight excluding hydrogens is 558 g/mol. The number of carbonyl (C=O) groups is 3. The van der Waals surface area contributed by atoms with Gasteiger partial charge in [0, 0.05) is 11.5 Å². The molecule has 35 heavy (non-hydrogen) atoms. The Hall–Kier alpha value is -2.84. The Morgan fingerprint density at radius 1 is 1.51 bits per heavy atom. The molecule has 0 aliphatic carbocycles. The number of thiazole rings is 1. The van der Waals surface area contributed by atoms with Crippen molar-refractivity contribution in [3.63, 3.8) is 0 Å². The third kappa shape index (κ3) is 5.23. The summed E-state index contributed by atoms with van der Waals surface area (Å²) in [6.45, 7) is -0.215. The number of aromatic nitrogens is 3. The first kappa shape index (κ1) is 25.3. The van der Waals surface area contributed by atoms with Gasteiger partial charge in [0.25, 0.3) is 11.8 Å². The maximum atomic E-state index is 13.0. The number of nitrogens with zero attached hydrogens (tertiary/aromatic N) is 5. The second-order valence-corrected chi connectivity index (χ2v) is 11.5. The summed E-state index contributed by atoms with van der Waals surface area (Å²) < 4.78 is 0.789. The number of anilines is 1. The van der Waals surface area contributed by atoms with Crippen molar-refractivity contribution in [3.8, 4) is 12.3 Å². The first-order valence-electron chi connectivity index (χ1n) is 9.47. The fourth-order valence-electron chi connectivity index (χ4n) is 3.17. The molecule has 182 valence electrons. The molecule has 2 aliphatic rings. The normalized spacial score (nSPS) is 19.6. The number of hydrogen-bond donors (Lipinski definition) is 3. The van der Waals surface area contributed by atoms with Crippen molar-refractivity contribution in [1.82, 2.24) is 25.4 Å². The number of carboxylic acid groups (broad SMARTS) is 1. The standard InChI is InChI=1S/C18H14ClN7O5S4/c1-2-3-31-25-9(8-12(19)35-17(20)23-8)13(27)22-10-14(28)26-11(16(29)30)7(4-32-15(10)26)5-33-18-24-21-6-34-18/h1,6,10,15H,3-5H2,(H2,20,23)(H,22,27)(H,29,30)/t10?,15-/m1/s1. The van der Waals surface area contributed by atoms with Gasteiger partial charge < -0.3 is 21.0 Å². The van der Waals surface area contributed by atoms with Crippen LogP contribution in [0.1, 0.15) is 5.69 Å². The Balaban J connectivity index is 1.51. The molecule has 12 nitrogen and oxygen atoms in total. The lowest BCUT2D eigenvalue weighted by molar-refractivity contribution is -0.150. The van der Waals surface area contributed by atoms with E-state index in [9.17, 15) is 19.5 Å². The molecule has 4 N–H and O–H groups in total. The molecule has 1 unspecified atom stereocenters. The summed E-state index contributed by atoms with van der Waals surface area (Å²) in [5.41, 5.74) is 7.39. The highest BCUT2D eigenvalue weighted by molar-refractivity contribution is 8.01. The molecule has 1 saturated heterocycles. The number of nitrogens with one attached hydrogen (secondary N) is 1. The monoisotopic (exact) mass is 571 g/mol. The average molecular weight is 572 g/mol. The van der Waals surface area contributed by atoms with E-state index >= 15 is 0 Å². The average Bonchev–Trinajstić information content (AvgIpc) is 3.46. The van der Waals surface area contributed by atoms with Crippen molar-refractivity contribution in [2.45, 2.75) is 15.8 Å². The summed E-state index contributed by atoms with van der Waals surface area (Å²) in [5.74, 6) is 0.308. The van der Waals surface area contributed by atoms with E-state index in [1.165, 1.54) is 39.8 Å². The SMILES string of the molecule is C#CCON=C(C(=O)NC1C(=O)N2C(C(=O)O)=C(CSc3nncs3)CS[C@H]12)c1nc(N)sc1Cl. The zero-order valence-corrected chi connectivity index (χ0v) is 21.4. The van der Waals surface area contributed by atoms with Gasteiger partial charge in [0.05, 0.1) is 0 Å². The van der Waals surface area contributed by atoms with Gasteiger partial charge in [-0.3, -0.25) is 14.5 Å². The van der Waals surface area contributed by atoms with Crippen LogP contribution in [-0.2, 0) is 19.2 Å². The minimum Gasteiger partial charge on any atom is -0.477 e. The number of halogens is 1. The number of carbonyl (C=O) groups excluding carboxylic acids is 2. The Bertz CT molecular complexity index is 1270. The fourth-order valence-corrected chi connectivity index (χ4v) is 7.07. The molecule has 0 saturated carbocycles. The molecule has 2 amide bonds. The Labute approximate surface area is 219 Å². The summed E-state index contributed by atoms with van der Waals surface area (Å²) in [7, 11) is 0. The molecule has 0 radical (unpaired) electrons. The van der Waals surface area contributed by atoms with Crippen LogP contribution < -0.4 is 11.1 Å². The molecule has 2 atom stereocenters. The van der Waals surface area contributed by atoms with Gasteiger partial charge >= 0.3 is 5.97 Å². The smallest absolute Gasteiger partial charge is 0.352 e. The van der Waals surface area contributed by atoms with Crippen LogP contribution in [0, 0.1) is 12.3 Å². The zero-order valence-electron chi connectivity index (χ0n) is 17.3. The van der Waals surface area contributed by atoms with E-state index in [0.29, 0.717) is 21.4 Å². The molecule has 4 rings (SSSR count). The highest BCUT2D eigenvalue weighted by atomic mass is 35.5. The van der Waals surface area contributed by atoms with Crippen molar-refractivity contribution < 1.29 is 24.3 Å². The van der Waals surface area contributed by atoms with Crippen molar-refractivity contribution in [1.29, 1.82) is 0 Å². The van der Waals surface area contributed by atoms with Gasteiger partial charge in [0.2, 0.25) is 0 Å². The number of nitrogen functional groups attached to an aromatic ring is 1. The molecule has 2 aromatic heterocycles. The molecule has 0 spiro atoms. The van der Waals surface area contributed by atoms with Gasteiger partial charge in [-0.15, -0.1) is 28.4 Å². The molecule has 1 fully saturated rings. The number of aliphatic carboxylic acids is 1. The van der Waals surface area contributed by atoms with Gasteiger partial charge in [0.1, 0.15) is 32.7 Å². The third-order valence-corrected chi connectivity index (χ3v) is 8.96. The first-order chi connectivity index (χ1) is 16.8. The van der Waals surface area contributed by atoms with Crippen LogP contribution in [0.2, 0.25) is 4.34 Å². The Kier molecular flexibility index (Phi) is 7.82. The van der Waals surface area contributed by atoms with E-state index in [2.05, 4.69) is 31.6 Å². The lowest BCUT2D eigenvalue weighted by Gasteiger charge is -2.49. The molecular formula is C18H14ClN7O5S4. The summed E-state index contributed by atoms with van der Waals surface area (Å²) >= 11 is 11.1. The van der Waals surface area contributed by atoms with Crippen molar-refractivity contribution in [2.75, 3.05) is 23.8 Å². The van der Waals surface area contributed by atoms with Gasteiger partial charge in [-0.05, 0) is 5.57 Å². The van der Waals surface area contributed by atoms with Crippen LogP contribution in [0.25, 0.3) is 0 Å². The van der Waals surface area contributed by atoms with E-state index in [-0.39, 0.29) is 33.2 Å². The number of nitrogens with two attached hydrogens (primary N) is 1. The summed E-state index contributed by atoms with van der Waals surface area (Å²) in [5, 5.41) is 23.3. The molecule has 17 heteroatoms. The quantitative estimate of drug-likeness (QED) is 0.0982. The minimum absolute atomic E-state index is 0.0225. The molecule has 2 aliphatic heterocycles. The van der Waals surface area contributed by atoms with E-state index in [1.54, 1.807) is 5.51 Å². The van der Waals surface area contributed by atoms with E-state index < -0.39 is 29.2 Å². The van der Waals surface area contributed by atoms with Crippen molar-refractivity contribution >= 4 is 86.4 Å². The van der Waals surface area contributed by atoms with Crippen molar-refractivity contribution in [2.24, 2.45) is 5.16 Å². The number of terminal acetylenes is 1. The predicted molar refractivity (Wildman–Crippen MR) is 133 cm³/mol. The molecule has 0 aromatic carbocycles. The number of thioether (sulfide) groups is 2. The van der Waals surface area contributed by atoms with Crippen LogP contribution in [-0.4, -0.2) is 78.2 Å². The number of β-lactam (4-membered cyclic amide) rings is 1. The van der Waals surface area contributed by atoms with Crippen LogP contribution in [0.3, 0.4) is 0 Å². The summed E-state index contributed by atoms with van der Waals surface area (Å²) in [6.07, 6.45) is 5.15. The van der Waals surface area contributed by atoms with Gasteiger partial charge in [-0.25, -0.2) is 9.78 Å². The lowest BCUT2D eigenvalue weighted by atomic mass is 10.0. The highest BCUT2D eigenvalue weighted by Gasteiger charge is 2.54. The van der Waals surface area contributed by atoms with E-state index in [4.69, 9.17) is 28.6 Å². The second-order valence-electron chi connectivity index (χ2n) is 6.70. The molecule has 0 bridgehead atoms. The van der Waals surface area contributed by atoms with Crippen LogP contribution in [0.4, 0.5) is 5.13 Å². The highest BCUT2D eigenvalue weighted by Crippen LogP contribution is 2.41. The van der Waals surface area contributed by atoms with Crippen LogP contribution in [0.15, 0.2) is 26.3 Å². The number of hydrogen-bond acceptors (Lipinski definition) is 13. The van der Waals surface area contributed by atoms with Crippen LogP contribution in [0.5, 0.6) is 0 Å². The fraction of sp³-hybridized carbons (Fsp3) is 0.278. The number of rotatable bonds is 9. The van der Waals surface area contributed by atoms with Gasteiger partial charge in [-0.1, -0.05) is 57.1 Å². The summed E-state index contributed by atoms with van der Waals surface area (Å²) in [6, 6.07) is -0.994. The number of amides is 2. The molecule has 4 heterocycles. The van der Waals surface area contributed by atoms with Gasteiger partial charge in [0.15, 0.2) is 21.8 Å². The largest absolute Gasteiger partial charge is 0.477 e. The summed E-state index contributed by atoms with van der Waals surface area (Å²) in [4.78, 5) is 48.0. The number of carboxylic acids is 1. The van der Waals surface area contributed by atoms with E-state index in [1.807, 2.05) is 0 Å². The zero-order chi connectivity index (χ0) is 25.1. The predicted octanol–water partition coefficient (Wildman–Crippen LogP) is 1.11. The number of oxime groups is 1. The number of fused-ring (bicyclic) bond motifs is 1. The topological polar surface area (TPSA) is 173 Å². The van der Waals surface area contributed by atoms with E-state index in [0.717, 1.165) is 11.3 Å². The molecule has 2 aromatic rings. The third-order valence-electron chi connectivity index (χ3n) is 4.59. The maximum absolute atomic E-state index is 13.0. The van der Waals surface area contributed by atoms with Crippen LogP contribution >= 0.6 is 57.8 Å². The Morgan fingerprint density at radius 2 is 2.31 bits per heavy atom. The van der Waals surface area contributed by atoms with Gasteiger partial charge in [-0.2, -0.15) is 0 Å². The van der Waals surface area contributed by atoms with Crippen molar-refractivity contribution in [3.05, 3.63) is 26.8 Å². The maximum Gasteiger partial charge on any atom is 0.352 e. The second kappa shape index (κ2) is 10.8. The minimum atomic E-state index is -1.23. The first-order valence-corrected chi connectivity index (χ1v) is 13.6.